The molecule has 1 aliphatic carbocycles. The fourth-order valence-corrected chi connectivity index (χ4v) is 4.97. The Balaban J connectivity index is 1.12. The highest BCUT2D eigenvalue weighted by Gasteiger charge is 2.39. The monoisotopic (exact) mass is 504 g/mol. The molecule has 4 N–H and O–H groups in total. The van der Waals surface area contributed by atoms with E-state index in [2.05, 4.69) is 16.0 Å². The van der Waals surface area contributed by atoms with Gasteiger partial charge in [0.15, 0.2) is 0 Å². The largest absolute Gasteiger partial charge is 0.516 e. The Hall–Kier alpha value is -4.34. The molecule has 2 atom stereocenters. The number of aliphatic hydroxyl groups is 1. The van der Waals surface area contributed by atoms with Crippen molar-refractivity contribution in [2.45, 2.75) is 57.3 Å². The lowest BCUT2D eigenvalue weighted by molar-refractivity contribution is -0.136. The fourth-order valence-electron chi connectivity index (χ4n) is 4.97. The number of hydrogen-bond acceptors (Lipinski definition) is 6. The van der Waals surface area contributed by atoms with E-state index in [1.807, 2.05) is 6.07 Å². The van der Waals surface area contributed by atoms with Crippen LogP contribution in [0.3, 0.4) is 0 Å². The molecule has 2 aromatic carbocycles. The van der Waals surface area contributed by atoms with E-state index in [1.165, 1.54) is 4.90 Å². The fraction of sp³-hybridized carbons (Fsp3) is 0.333. The predicted octanol–water partition coefficient (Wildman–Crippen LogP) is 3.14. The smallest absolute Gasteiger partial charge is 0.319 e. The van der Waals surface area contributed by atoms with E-state index in [0.717, 1.165) is 35.8 Å². The zero-order valence-corrected chi connectivity index (χ0v) is 20.2. The van der Waals surface area contributed by atoms with Crippen LogP contribution in [0, 0.1) is 0 Å². The summed E-state index contributed by atoms with van der Waals surface area (Å²) in [6.07, 6.45) is 4.13. The zero-order chi connectivity index (χ0) is 25.9. The molecule has 0 radical (unpaired) electrons. The van der Waals surface area contributed by atoms with Crippen molar-refractivity contribution in [3.8, 4) is 5.75 Å². The first-order valence-corrected chi connectivity index (χ1v) is 12.3. The molecule has 10 nitrogen and oxygen atoms in total. The lowest BCUT2D eigenvalue weighted by Gasteiger charge is -2.29. The second-order valence-electron chi connectivity index (χ2n) is 9.49. The van der Waals surface area contributed by atoms with Gasteiger partial charge in [-0.1, -0.05) is 12.1 Å². The summed E-state index contributed by atoms with van der Waals surface area (Å²) in [5.41, 5.74) is 3.74. The van der Waals surface area contributed by atoms with Gasteiger partial charge < -0.3 is 25.4 Å². The van der Waals surface area contributed by atoms with E-state index in [9.17, 15) is 19.2 Å². The molecule has 192 valence electrons. The maximum Gasteiger partial charge on any atom is 0.319 e. The topological polar surface area (TPSA) is 137 Å². The Morgan fingerprint density at radius 1 is 1.11 bits per heavy atom. The highest BCUT2D eigenvalue weighted by Crippen LogP contribution is 2.29. The molecule has 5 amide bonds. The Kier molecular flexibility index (Phi) is 6.80. The molecule has 2 aromatic rings. The van der Waals surface area contributed by atoms with E-state index in [1.54, 1.807) is 36.4 Å². The number of aliphatic hydroxyl groups excluding tert-OH is 1. The Morgan fingerprint density at radius 2 is 1.92 bits per heavy atom. The van der Waals surface area contributed by atoms with Crippen LogP contribution in [0.4, 0.5) is 10.5 Å². The second kappa shape index (κ2) is 10.3. The van der Waals surface area contributed by atoms with E-state index >= 15 is 0 Å². The van der Waals surface area contributed by atoms with Crippen molar-refractivity contribution in [1.82, 2.24) is 15.5 Å². The van der Waals surface area contributed by atoms with Crippen LogP contribution < -0.4 is 20.7 Å². The van der Waals surface area contributed by atoms with E-state index in [0.29, 0.717) is 29.8 Å². The highest BCUT2D eigenvalue weighted by molar-refractivity contribution is 6.05. The number of anilines is 1. The molecule has 0 aromatic heterocycles. The van der Waals surface area contributed by atoms with Crippen molar-refractivity contribution in [1.29, 1.82) is 0 Å². The van der Waals surface area contributed by atoms with Gasteiger partial charge in [0, 0.05) is 37.2 Å². The first-order chi connectivity index (χ1) is 17.9. The molecule has 1 saturated carbocycles. The molecule has 5 rings (SSSR count). The van der Waals surface area contributed by atoms with Crippen LogP contribution in [-0.4, -0.2) is 45.9 Å². The summed E-state index contributed by atoms with van der Waals surface area (Å²) in [4.78, 5) is 50.4. The van der Waals surface area contributed by atoms with E-state index in [4.69, 9.17) is 9.84 Å². The number of rotatable bonds is 6. The summed E-state index contributed by atoms with van der Waals surface area (Å²) in [5.74, 6) is -0.288. The third-order valence-electron chi connectivity index (χ3n) is 6.92. The first kappa shape index (κ1) is 24.4. The predicted molar refractivity (Wildman–Crippen MR) is 134 cm³/mol. The third kappa shape index (κ3) is 5.42. The van der Waals surface area contributed by atoms with Gasteiger partial charge >= 0.3 is 6.03 Å². The van der Waals surface area contributed by atoms with Crippen LogP contribution in [0.1, 0.15) is 53.6 Å². The van der Waals surface area contributed by atoms with Crippen LogP contribution in [0.2, 0.25) is 0 Å². The Morgan fingerprint density at radius 3 is 2.65 bits per heavy atom. The van der Waals surface area contributed by atoms with Crippen molar-refractivity contribution in [2.75, 3.05) is 5.32 Å². The molecule has 0 spiro atoms. The highest BCUT2D eigenvalue weighted by atomic mass is 16.5. The number of imide groups is 1. The molecular weight excluding hydrogens is 476 g/mol. The standard InChI is InChI=1S/C27H28N4O6/c32-15-17-1-5-21(12-17)37-20-6-3-19(4-7-20)29-27(36)28-13-16-2-8-22-18(11-16)14-31(26(22)35)23-9-10-24(33)30-25(23)34/h2-4,6-8,11,15,21,23,32H,1,5,9-10,12-14H2,(H2,28,29,36)(H,30,33,34)/b17-15+/t21-,23?/m1/s1. The number of benzene rings is 2. The van der Waals surface area contributed by atoms with Crippen molar-refractivity contribution in [3.05, 3.63) is 71.0 Å². The number of hydrogen-bond donors (Lipinski definition) is 4. The van der Waals surface area contributed by atoms with Crippen molar-refractivity contribution < 1.29 is 29.0 Å². The van der Waals surface area contributed by atoms with Gasteiger partial charge in [0.05, 0.1) is 6.26 Å². The van der Waals surface area contributed by atoms with Crippen LogP contribution in [0.25, 0.3) is 0 Å². The second-order valence-corrected chi connectivity index (χ2v) is 9.49. The SMILES string of the molecule is O=C1CCC(N2Cc3cc(CNC(=O)Nc4ccc(O[C@@H]5CC/C(=C\O)C5)cc4)ccc3C2=O)C(=O)N1. The number of carbonyl (C=O) groups is 4. The molecule has 10 heteroatoms. The molecular formula is C27H28N4O6. The van der Waals surface area contributed by atoms with Gasteiger partial charge in [-0.3, -0.25) is 19.7 Å². The number of amides is 5. The van der Waals surface area contributed by atoms with Crippen LogP contribution in [0.15, 0.2) is 54.3 Å². The number of fused-ring (bicyclic) bond motifs is 1. The van der Waals surface area contributed by atoms with Crippen molar-refractivity contribution in [3.63, 3.8) is 0 Å². The van der Waals surface area contributed by atoms with Gasteiger partial charge in [0.25, 0.3) is 5.91 Å². The summed E-state index contributed by atoms with van der Waals surface area (Å²) in [7, 11) is 0. The number of ether oxygens (including phenoxy) is 1. The van der Waals surface area contributed by atoms with Gasteiger partial charge in [-0.2, -0.15) is 0 Å². The van der Waals surface area contributed by atoms with Gasteiger partial charge in [-0.25, -0.2) is 4.79 Å². The van der Waals surface area contributed by atoms with E-state index in [-0.39, 0.29) is 43.5 Å². The number of nitrogens with one attached hydrogen (secondary N) is 3. The number of piperidine rings is 1. The summed E-state index contributed by atoms with van der Waals surface area (Å²) in [6.45, 7) is 0.544. The molecule has 1 saturated heterocycles. The van der Waals surface area contributed by atoms with Gasteiger partial charge in [-0.15, -0.1) is 0 Å². The summed E-state index contributed by atoms with van der Waals surface area (Å²) >= 11 is 0. The van der Waals surface area contributed by atoms with Crippen molar-refractivity contribution in [2.24, 2.45) is 0 Å². The van der Waals surface area contributed by atoms with Gasteiger partial charge in [-0.05, 0) is 66.3 Å². The minimum absolute atomic E-state index is 0.0409. The van der Waals surface area contributed by atoms with Crippen molar-refractivity contribution >= 4 is 29.4 Å². The quantitative estimate of drug-likeness (QED) is 0.352. The Bertz CT molecular complexity index is 1270. The molecule has 1 unspecified atom stereocenters. The first-order valence-electron chi connectivity index (χ1n) is 12.3. The zero-order valence-electron chi connectivity index (χ0n) is 20.2. The maximum atomic E-state index is 12.8. The summed E-state index contributed by atoms with van der Waals surface area (Å²) < 4.78 is 5.93. The van der Waals surface area contributed by atoms with Crippen LogP contribution >= 0.6 is 0 Å². The van der Waals surface area contributed by atoms with Gasteiger partial charge in [0.2, 0.25) is 11.8 Å². The third-order valence-corrected chi connectivity index (χ3v) is 6.92. The lowest BCUT2D eigenvalue weighted by atomic mass is 10.0. The minimum atomic E-state index is -0.658. The average molecular weight is 505 g/mol. The number of urea groups is 1. The van der Waals surface area contributed by atoms with Crippen LogP contribution in [-0.2, 0) is 22.7 Å². The van der Waals surface area contributed by atoms with Crippen LogP contribution in [0.5, 0.6) is 5.75 Å². The number of nitrogens with zero attached hydrogens (tertiary/aromatic N) is 1. The normalized spacial score (nSPS) is 22.1. The molecule has 2 fully saturated rings. The lowest BCUT2D eigenvalue weighted by Crippen LogP contribution is -2.52. The number of carbonyl (C=O) groups excluding carboxylic acids is 4. The summed E-state index contributed by atoms with van der Waals surface area (Å²) in [6, 6.07) is 11.4. The molecule has 2 aliphatic heterocycles. The molecule has 0 bridgehead atoms. The average Bonchev–Trinajstić information content (AvgIpc) is 3.47. The summed E-state index contributed by atoms with van der Waals surface area (Å²) in [5, 5.41) is 17.0. The Labute approximate surface area is 213 Å². The molecule has 37 heavy (non-hydrogen) atoms. The minimum Gasteiger partial charge on any atom is -0.516 e. The van der Waals surface area contributed by atoms with Gasteiger partial charge in [0.1, 0.15) is 17.9 Å². The molecule has 3 aliphatic rings. The maximum absolute atomic E-state index is 12.8. The van der Waals surface area contributed by atoms with E-state index < -0.39 is 11.9 Å². The molecule has 2 heterocycles.